The number of nitrogens with zero attached hydrogens (tertiary/aromatic N) is 2. The van der Waals surface area contributed by atoms with Gasteiger partial charge in [0.2, 0.25) is 0 Å². The van der Waals surface area contributed by atoms with E-state index in [4.69, 9.17) is 5.21 Å². The van der Waals surface area contributed by atoms with Crippen LogP contribution in [0.25, 0.3) is 0 Å². The van der Waals surface area contributed by atoms with E-state index in [0.717, 1.165) is 5.56 Å². The van der Waals surface area contributed by atoms with E-state index in [1.165, 1.54) is 0 Å². The standard InChI is InChI=1S/C19H21N3O3/c23-18(20-25)17(15-7-3-1-4-8-15)21-11-13-22(14-12-21)19(24)16-9-5-2-6-10-16/h1-10,17,25H,11-14H2,(H,20,23). The SMILES string of the molecule is O=C(NO)C(c1ccccc1)N1CCN(C(=O)c2ccccc2)CC1. The minimum atomic E-state index is -0.569. The zero-order valence-corrected chi connectivity index (χ0v) is 13.8. The highest BCUT2D eigenvalue weighted by Crippen LogP contribution is 2.23. The molecule has 1 atom stereocenters. The van der Waals surface area contributed by atoms with Crippen LogP contribution in [0.1, 0.15) is 22.0 Å². The summed E-state index contributed by atoms with van der Waals surface area (Å²) in [5.74, 6) is -0.461. The van der Waals surface area contributed by atoms with Crippen LogP contribution in [0, 0.1) is 0 Å². The highest BCUT2D eigenvalue weighted by Gasteiger charge is 2.31. The van der Waals surface area contributed by atoms with Gasteiger partial charge in [0.25, 0.3) is 11.8 Å². The van der Waals surface area contributed by atoms with Crippen LogP contribution < -0.4 is 5.48 Å². The number of rotatable bonds is 4. The van der Waals surface area contributed by atoms with Crippen molar-refractivity contribution in [3.8, 4) is 0 Å². The molecule has 3 rings (SSSR count). The average molecular weight is 339 g/mol. The van der Waals surface area contributed by atoms with Gasteiger partial charge in [0.15, 0.2) is 0 Å². The Balaban J connectivity index is 1.69. The van der Waals surface area contributed by atoms with Crippen molar-refractivity contribution in [3.05, 3.63) is 71.8 Å². The van der Waals surface area contributed by atoms with E-state index >= 15 is 0 Å². The molecule has 1 aliphatic rings. The van der Waals surface area contributed by atoms with Crippen LogP contribution in [0.15, 0.2) is 60.7 Å². The molecule has 1 heterocycles. The molecule has 6 nitrogen and oxygen atoms in total. The summed E-state index contributed by atoms with van der Waals surface area (Å²) in [6.45, 7) is 2.20. The first-order valence-electron chi connectivity index (χ1n) is 8.28. The molecule has 0 saturated carbocycles. The summed E-state index contributed by atoms with van der Waals surface area (Å²) in [5.41, 5.74) is 3.25. The maximum Gasteiger partial charge on any atom is 0.265 e. The highest BCUT2D eigenvalue weighted by molar-refractivity contribution is 5.94. The number of nitrogens with one attached hydrogen (secondary N) is 1. The Labute approximate surface area is 146 Å². The summed E-state index contributed by atoms with van der Waals surface area (Å²) < 4.78 is 0. The maximum atomic E-state index is 12.5. The van der Waals surface area contributed by atoms with Crippen LogP contribution in [0.5, 0.6) is 0 Å². The van der Waals surface area contributed by atoms with Crippen molar-refractivity contribution in [3.63, 3.8) is 0 Å². The number of amides is 2. The topological polar surface area (TPSA) is 72.9 Å². The molecule has 0 bridgehead atoms. The summed E-state index contributed by atoms with van der Waals surface area (Å²) in [5, 5.41) is 9.10. The van der Waals surface area contributed by atoms with Crippen molar-refractivity contribution in [1.29, 1.82) is 0 Å². The third kappa shape index (κ3) is 3.87. The summed E-state index contributed by atoms with van der Waals surface area (Å²) >= 11 is 0. The zero-order chi connectivity index (χ0) is 17.6. The van der Waals surface area contributed by atoms with Crippen LogP contribution in [-0.4, -0.2) is 53.0 Å². The normalized spacial score (nSPS) is 16.3. The lowest BCUT2D eigenvalue weighted by Crippen LogP contribution is -2.52. The predicted molar refractivity (Wildman–Crippen MR) is 93.0 cm³/mol. The Morgan fingerprint density at radius 3 is 2.00 bits per heavy atom. The Bertz CT molecular complexity index is 713. The van der Waals surface area contributed by atoms with Gasteiger partial charge in [-0.1, -0.05) is 48.5 Å². The second kappa shape index (κ2) is 7.92. The Kier molecular flexibility index (Phi) is 5.42. The summed E-state index contributed by atoms with van der Waals surface area (Å²) in [4.78, 5) is 28.5. The number of piperazine rings is 1. The van der Waals surface area contributed by atoms with Crippen LogP contribution in [0.4, 0.5) is 0 Å². The molecule has 2 aromatic rings. The molecule has 0 aliphatic carbocycles. The molecule has 2 N–H and O–H groups in total. The van der Waals surface area contributed by atoms with Crippen molar-refractivity contribution in [2.45, 2.75) is 6.04 Å². The van der Waals surface area contributed by atoms with Gasteiger partial charge in [-0.25, -0.2) is 5.48 Å². The van der Waals surface area contributed by atoms with Crippen LogP contribution in [0.2, 0.25) is 0 Å². The first kappa shape index (κ1) is 17.1. The van der Waals surface area contributed by atoms with Crippen molar-refractivity contribution in [1.82, 2.24) is 15.3 Å². The monoisotopic (exact) mass is 339 g/mol. The van der Waals surface area contributed by atoms with E-state index in [1.807, 2.05) is 53.4 Å². The second-order valence-electron chi connectivity index (χ2n) is 5.98. The molecule has 1 fully saturated rings. The zero-order valence-electron chi connectivity index (χ0n) is 13.8. The molecule has 1 saturated heterocycles. The molecule has 1 unspecified atom stereocenters. The minimum absolute atomic E-state index is 0.00289. The van der Waals surface area contributed by atoms with E-state index in [0.29, 0.717) is 31.7 Å². The van der Waals surface area contributed by atoms with E-state index in [-0.39, 0.29) is 5.91 Å². The number of carbonyl (C=O) groups is 2. The Morgan fingerprint density at radius 2 is 1.44 bits per heavy atom. The Hall–Kier alpha value is -2.70. The lowest BCUT2D eigenvalue weighted by Gasteiger charge is -2.38. The number of carbonyl (C=O) groups excluding carboxylic acids is 2. The van der Waals surface area contributed by atoms with Gasteiger partial charge in [-0.2, -0.15) is 0 Å². The average Bonchev–Trinajstić information content (AvgIpc) is 2.69. The largest absolute Gasteiger partial charge is 0.336 e. The molecule has 6 heteroatoms. The fourth-order valence-corrected chi connectivity index (χ4v) is 3.17. The predicted octanol–water partition coefficient (Wildman–Crippen LogP) is 1.69. The number of hydrogen-bond donors (Lipinski definition) is 2. The third-order valence-electron chi connectivity index (χ3n) is 4.46. The van der Waals surface area contributed by atoms with Gasteiger partial charge in [-0.15, -0.1) is 0 Å². The van der Waals surface area contributed by atoms with Gasteiger partial charge < -0.3 is 4.90 Å². The molecule has 0 radical (unpaired) electrons. The van der Waals surface area contributed by atoms with Crippen molar-refractivity contribution < 1.29 is 14.8 Å². The molecular formula is C19H21N3O3. The molecule has 0 aromatic heterocycles. The first-order chi connectivity index (χ1) is 12.2. The van der Waals surface area contributed by atoms with E-state index < -0.39 is 11.9 Å². The lowest BCUT2D eigenvalue weighted by atomic mass is 10.0. The summed E-state index contributed by atoms with van der Waals surface area (Å²) in [6, 6.07) is 18.0. The fourth-order valence-electron chi connectivity index (χ4n) is 3.17. The van der Waals surface area contributed by atoms with Gasteiger partial charge in [0, 0.05) is 31.7 Å². The van der Waals surface area contributed by atoms with Gasteiger partial charge >= 0.3 is 0 Å². The highest BCUT2D eigenvalue weighted by atomic mass is 16.5. The number of hydroxylamine groups is 1. The fraction of sp³-hybridized carbons (Fsp3) is 0.263. The smallest absolute Gasteiger partial charge is 0.265 e. The van der Waals surface area contributed by atoms with Crippen LogP contribution >= 0.6 is 0 Å². The Morgan fingerprint density at radius 1 is 0.880 bits per heavy atom. The maximum absolute atomic E-state index is 12.5. The van der Waals surface area contributed by atoms with E-state index in [1.54, 1.807) is 22.5 Å². The van der Waals surface area contributed by atoms with Crippen molar-refractivity contribution in [2.24, 2.45) is 0 Å². The van der Waals surface area contributed by atoms with E-state index in [2.05, 4.69) is 0 Å². The van der Waals surface area contributed by atoms with Crippen LogP contribution in [-0.2, 0) is 4.79 Å². The molecule has 25 heavy (non-hydrogen) atoms. The van der Waals surface area contributed by atoms with Gasteiger partial charge in [-0.05, 0) is 17.7 Å². The molecule has 0 spiro atoms. The first-order valence-corrected chi connectivity index (χ1v) is 8.28. The molecule has 130 valence electrons. The van der Waals surface area contributed by atoms with Gasteiger partial charge in [0.1, 0.15) is 6.04 Å². The summed E-state index contributed by atoms with van der Waals surface area (Å²) in [6.07, 6.45) is 0. The molecular weight excluding hydrogens is 318 g/mol. The lowest BCUT2D eigenvalue weighted by molar-refractivity contribution is -0.135. The van der Waals surface area contributed by atoms with Crippen LogP contribution in [0.3, 0.4) is 0 Å². The van der Waals surface area contributed by atoms with E-state index in [9.17, 15) is 9.59 Å². The minimum Gasteiger partial charge on any atom is -0.336 e. The second-order valence-corrected chi connectivity index (χ2v) is 5.98. The molecule has 2 aromatic carbocycles. The number of benzene rings is 2. The van der Waals surface area contributed by atoms with Crippen molar-refractivity contribution >= 4 is 11.8 Å². The molecule has 2 amide bonds. The third-order valence-corrected chi connectivity index (χ3v) is 4.46. The molecule has 1 aliphatic heterocycles. The van der Waals surface area contributed by atoms with Crippen molar-refractivity contribution in [2.75, 3.05) is 26.2 Å². The van der Waals surface area contributed by atoms with Gasteiger partial charge in [0.05, 0.1) is 0 Å². The van der Waals surface area contributed by atoms with Gasteiger partial charge in [-0.3, -0.25) is 19.7 Å². The number of hydrogen-bond acceptors (Lipinski definition) is 4. The quantitative estimate of drug-likeness (QED) is 0.657. The summed E-state index contributed by atoms with van der Waals surface area (Å²) in [7, 11) is 0.